The van der Waals surface area contributed by atoms with Crippen LogP contribution in [0.5, 0.6) is 5.75 Å². The summed E-state index contributed by atoms with van der Waals surface area (Å²) >= 11 is 3.17. The van der Waals surface area contributed by atoms with E-state index in [-0.39, 0.29) is 17.8 Å². The Bertz CT molecular complexity index is 484. The molecule has 0 aromatic heterocycles. The molecule has 0 unspecified atom stereocenters. The molecule has 0 bridgehead atoms. The minimum Gasteiger partial charge on any atom is -0.479 e. The molecule has 0 fully saturated rings. The zero-order valence-corrected chi connectivity index (χ0v) is 12.7. The summed E-state index contributed by atoms with van der Waals surface area (Å²) in [4.78, 5) is 10.4. The van der Waals surface area contributed by atoms with Gasteiger partial charge in [-0.1, -0.05) is 29.8 Å². The van der Waals surface area contributed by atoms with Crippen molar-refractivity contribution in [1.29, 1.82) is 0 Å². The molecule has 0 heterocycles. The van der Waals surface area contributed by atoms with Gasteiger partial charge in [0.2, 0.25) is 0 Å². The van der Waals surface area contributed by atoms with E-state index >= 15 is 0 Å². The van der Waals surface area contributed by atoms with Crippen molar-refractivity contribution in [1.82, 2.24) is 0 Å². The third kappa shape index (κ3) is 3.82. The highest BCUT2D eigenvalue weighted by atomic mass is 79.9. The van der Waals surface area contributed by atoms with Crippen LogP contribution in [0.25, 0.3) is 0 Å². The van der Waals surface area contributed by atoms with E-state index in [2.05, 4.69) is 15.9 Å². The van der Waals surface area contributed by atoms with Crippen LogP contribution in [0.1, 0.15) is 13.8 Å². The average molecular weight is 336 g/mol. The topological polar surface area (TPSA) is 69.4 Å². The van der Waals surface area contributed by atoms with Crippen molar-refractivity contribution < 1.29 is 14.2 Å². The molecule has 0 spiro atoms. The van der Waals surface area contributed by atoms with Gasteiger partial charge in [0.15, 0.2) is 5.75 Å². The minimum atomic E-state index is -2.37. The van der Waals surface area contributed by atoms with Crippen molar-refractivity contribution in [3.8, 4) is 5.75 Å². The Hall–Kier alpha value is -0.870. The molecule has 0 saturated carbocycles. The number of halogens is 1. The van der Waals surface area contributed by atoms with Crippen molar-refractivity contribution >= 4 is 28.8 Å². The van der Waals surface area contributed by atoms with Gasteiger partial charge in [-0.15, -0.1) is 0 Å². The molecule has 1 aromatic rings. The minimum absolute atomic E-state index is 0.0441. The highest BCUT2D eigenvalue weighted by Gasteiger charge is 2.21. The number of nitro groups is 1. The first-order valence-electron chi connectivity index (χ1n) is 5.55. The molecule has 18 heavy (non-hydrogen) atoms. The number of hydrogen-bond acceptors (Lipinski definition) is 4. The normalized spacial score (nSPS) is 11.3. The van der Waals surface area contributed by atoms with Crippen LogP contribution >= 0.6 is 23.1 Å². The number of nitro benzene ring substituents is 1. The zero-order chi connectivity index (χ0) is 13.8. The summed E-state index contributed by atoms with van der Waals surface area (Å²) in [6.45, 7) is 3.67. The molecule has 0 aliphatic carbocycles. The van der Waals surface area contributed by atoms with Crippen LogP contribution in [-0.2, 0) is 4.57 Å². The van der Waals surface area contributed by atoms with Gasteiger partial charge in [0.25, 0.3) is 0 Å². The van der Waals surface area contributed by atoms with E-state index < -0.39 is 12.1 Å². The molecule has 0 radical (unpaired) electrons. The third-order valence-corrected chi connectivity index (χ3v) is 6.12. The van der Waals surface area contributed by atoms with Crippen LogP contribution in [-0.4, -0.2) is 23.6 Å². The first-order valence-corrected chi connectivity index (χ1v) is 8.61. The van der Waals surface area contributed by atoms with Gasteiger partial charge in [0.05, 0.1) is 4.92 Å². The van der Waals surface area contributed by atoms with Crippen molar-refractivity contribution in [2.24, 2.45) is 0 Å². The molecule has 0 saturated heterocycles. The average Bonchev–Trinajstić information content (AvgIpc) is 2.36. The second-order valence-corrected chi connectivity index (χ2v) is 8.39. The molecule has 5 nitrogen and oxygen atoms in total. The zero-order valence-electron chi connectivity index (χ0n) is 10.3. The van der Waals surface area contributed by atoms with E-state index in [1.54, 1.807) is 6.07 Å². The molecule has 7 heteroatoms. The summed E-state index contributed by atoms with van der Waals surface area (Å²) in [6.07, 6.45) is 1.12. The third-order valence-electron chi connectivity index (χ3n) is 2.73. The number of ether oxygens (including phenoxy) is 1. The highest BCUT2D eigenvalue weighted by Crippen LogP contribution is 2.45. The first-order chi connectivity index (χ1) is 8.41. The van der Waals surface area contributed by atoms with Crippen molar-refractivity contribution in [2.45, 2.75) is 13.8 Å². The van der Waals surface area contributed by atoms with E-state index in [9.17, 15) is 14.7 Å². The van der Waals surface area contributed by atoms with Crippen LogP contribution in [0.15, 0.2) is 22.7 Å². The van der Waals surface area contributed by atoms with Crippen LogP contribution in [0.2, 0.25) is 0 Å². The highest BCUT2D eigenvalue weighted by molar-refractivity contribution is 9.10. The van der Waals surface area contributed by atoms with Gasteiger partial charge in [-0.25, -0.2) is 0 Å². The van der Waals surface area contributed by atoms with Gasteiger partial charge in [0.1, 0.15) is 13.5 Å². The summed E-state index contributed by atoms with van der Waals surface area (Å²) in [6, 6.07) is 4.54. The smallest absolute Gasteiger partial charge is 0.312 e. The van der Waals surface area contributed by atoms with Gasteiger partial charge in [0, 0.05) is 22.9 Å². The largest absolute Gasteiger partial charge is 0.479 e. The van der Waals surface area contributed by atoms with Crippen molar-refractivity contribution in [3.63, 3.8) is 0 Å². The summed E-state index contributed by atoms with van der Waals surface area (Å²) in [5.74, 6) is 0.158. The summed E-state index contributed by atoms with van der Waals surface area (Å²) in [5, 5.41) is 10.9. The molecule has 100 valence electrons. The Morgan fingerprint density at radius 1 is 1.39 bits per heavy atom. The first kappa shape index (κ1) is 15.2. The number of nitrogens with zero attached hydrogens (tertiary/aromatic N) is 1. The Morgan fingerprint density at radius 3 is 2.50 bits per heavy atom. The molecule has 0 aliphatic rings. The fraction of sp³-hybridized carbons (Fsp3) is 0.455. The number of benzene rings is 1. The van der Waals surface area contributed by atoms with Crippen molar-refractivity contribution in [3.05, 3.63) is 32.8 Å². The van der Waals surface area contributed by atoms with E-state index in [4.69, 9.17) is 4.74 Å². The quantitative estimate of drug-likeness (QED) is 0.446. The Morgan fingerprint density at radius 2 is 2.00 bits per heavy atom. The van der Waals surface area contributed by atoms with Crippen LogP contribution in [0.4, 0.5) is 5.69 Å². The summed E-state index contributed by atoms with van der Waals surface area (Å²) < 4.78 is 18.1. The molecule has 0 amide bonds. The summed E-state index contributed by atoms with van der Waals surface area (Å²) in [7, 11) is -2.37. The Balaban J connectivity index is 2.91. The van der Waals surface area contributed by atoms with Crippen LogP contribution in [0.3, 0.4) is 0 Å². The second kappa shape index (κ2) is 6.34. The Kier molecular flexibility index (Phi) is 5.35. The van der Waals surface area contributed by atoms with E-state index in [1.807, 2.05) is 13.8 Å². The fourth-order valence-electron chi connectivity index (χ4n) is 1.35. The lowest BCUT2D eigenvalue weighted by molar-refractivity contribution is -0.385. The number of hydrogen-bond donors (Lipinski definition) is 0. The lowest BCUT2D eigenvalue weighted by Crippen LogP contribution is -2.04. The molecular formula is C11H15BrNO4P. The van der Waals surface area contributed by atoms with Gasteiger partial charge in [-0.3, -0.25) is 10.1 Å². The lowest BCUT2D eigenvalue weighted by Gasteiger charge is -2.15. The predicted molar refractivity (Wildman–Crippen MR) is 75.0 cm³/mol. The van der Waals surface area contributed by atoms with E-state index in [0.29, 0.717) is 16.8 Å². The number of rotatable bonds is 6. The molecule has 0 aliphatic heterocycles. The second-order valence-electron chi connectivity index (χ2n) is 3.83. The van der Waals surface area contributed by atoms with Crippen LogP contribution < -0.4 is 4.74 Å². The predicted octanol–water partition coefficient (Wildman–Crippen LogP) is 4.10. The maximum Gasteiger partial charge on any atom is 0.312 e. The maximum atomic E-state index is 12.2. The standard InChI is InChI=1S/C11H15BrNO4P/c1-3-18(16,4-2)8-17-11-6-5-9(12)7-10(11)13(14)15/h5-7H,3-4,8H2,1-2H3. The molecule has 1 rings (SSSR count). The maximum absolute atomic E-state index is 12.2. The Labute approximate surface area is 114 Å². The van der Waals surface area contributed by atoms with Gasteiger partial charge in [-0.2, -0.15) is 0 Å². The van der Waals surface area contributed by atoms with Gasteiger partial charge in [-0.05, 0) is 12.1 Å². The van der Waals surface area contributed by atoms with Crippen LogP contribution in [0, 0.1) is 10.1 Å². The fourth-order valence-corrected chi connectivity index (χ4v) is 2.88. The molecule has 1 aromatic carbocycles. The molecule has 0 atom stereocenters. The monoisotopic (exact) mass is 335 g/mol. The molecular weight excluding hydrogens is 321 g/mol. The molecule has 0 N–H and O–H groups in total. The van der Waals surface area contributed by atoms with E-state index in [0.717, 1.165) is 0 Å². The van der Waals surface area contributed by atoms with Crippen molar-refractivity contribution in [2.75, 3.05) is 18.7 Å². The SMILES string of the molecule is CCP(=O)(CC)COc1ccc(Br)cc1[N+](=O)[O-]. The summed E-state index contributed by atoms with van der Waals surface area (Å²) in [5.41, 5.74) is -0.122. The van der Waals surface area contributed by atoms with Gasteiger partial charge >= 0.3 is 5.69 Å². The van der Waals surface area contributed by atoms with Gasteiger partial charge < -0.3 is 9.30 Å². The van der Waals surface area contributed by atoms with E-state index in [1.165, 1.54) is 12.1 Å². The lowest BCUT2D eigenvalue weighted by atomic mass is 10.3.